The van der Waals surface area contributed by atoms with Crippen molar-refractivity contribution < 1.29 is 14.6 Å². The van der Waals surface area contributed by atoms with Gasteiger partial charge in [0.05, 0.1) is 6.61 Å². The fraction of sp³-hybridized carbons (Fsp3) is 0.400. The van der Waals surface area contributed by atoms with Crippen molar-refractivity contribution in [1.29, 1.82) is 0 Å². The first-order valence-electron chi connectivity index (χ1n) is 2.30. The molecule has 0 aromatic rings. The van der Waals surface area contributed by atoms with Crippen LogP contribution in [0.5, 0.6) is 0 Å². The fourth-order valence-electron chi connectivity index (χ4n) is 0.505. The summed E-state index contributed by atoms with van der Waals surface area (Å²) < 4.78 is 4.46. The summed E-state index contributed by atoms with van der Waals surface area (Å²) in [5, 5.41) is 8.38. The molecule has 0 aliphatic carbocycles. The molecule has 1 aliphatic rings. The molecule has 0 fully saturated rings. The van der Waals surface area contributed by atoms with Gasteiger partial charge in [-0.05, 0) is 5.57 Å². The van der Waals surface area contributed by atoms with E-state index in [9.17, 15) is 4.79 Å². The van der Waals surface area contributed by atoms with Gasteiger partial charge in [-0.2, -0.15) is 0 Å². The van der Waals surface area contributed by atoms with Crippen molar-refractivity contribution in [2.75, 3.05) is 13.2 Å². The van der Waals surface area contributed by atoms with Crippen molar-refractivity contribution >= 4 is 5.97 Å². The van der Waals surface area contributed by atoms with E-state index in [4.69, 9.17) is 5.11 Å². The smallest absolute Gasteiger partial charge is 0.331 e. The molecule has 0 unspecified atom stereocenters. The topological polar surface area (TPSA) is 46.5 Å². The highest BCUT2D eigenvalue weighted by atomic mass is 16.5. The zero-order valence-corrected chi connectivity index (χ0v) is 4.26. The lowest BCUT2D eigenvalue weighted by Crippen LogP contribution is -1.93. The van der Waals surface area contributed by atoms with Gasteiger partial charge in [-0.25, -0.2) is 4.79 Å². The van der Waals surface area contributed by atoms with Gasteiger partial charge in [0.1, 0.15) is 6.61 Å². The van der Waals surface area contributed by atoms with Crippen LogP contribution in [-0.2, 0) is 9.53 Å². The summed E-state index contributed by atoms with van der Waals surface area (Å²) in [6.07, 6.45) is 1.31. The Balaban J connectivity index is 2.57. The van der Waals surface area contributed by atoms with Gasteiger partial charge in [-0.15, -0.1) is 0 Å². The summed E-state index contributed by atoms with van der Waals surface area (Å²) in [4.78, 5) is 10.2. The van der Waals surface area contributed by atoms with Gasteiger partial charge in [0, 0.05) is 6.08 Å². The standard InChI is InChI=1S/C5H6O3/c6-2-4-1-5(7)8-3-4/h1,6H,2-3H2. The summed E-state index contributed by atoms with van der Waals surface area (Å²) in [5.41, 5.74) is 0.648. The molecule has 8 heavy (non-hydrogen) atoms. The molecule has 1 aliphatic heterocycles. The molecule has 1 rings (SSSR count). The number of aliphatic hydroxyl groups excluding tert-OH is 1. The normalized spacial score (nSPS) is 18.1. The predicted molar refractivity (Wildman–Crippen MR) is 26.1 cm³/mol. The molecule has 3 nitrogen and oxygen atoms in total. The van der Waals surface area contributed by atoms with E-state index in [0.717, 1.165) is 0 Å². The zero-order valence-electron chi connectivity index (χ0n) is 4.26. The molecule has 0 saturated heterocycles. The Hall–Kier alpha value is -0.830. The molecule has 1 heterocycles. The van der Waals surface area contributed by atoms with Crippen LogP contribution >= 0.6 is 0 Å². The summed E-state index contributed by atoms with van der Waals surface area (Å²) in [6, 6.07) is 0. The quantitative estimate of drug-likeness (QED) is 0.466. The number of hydrogen-bond acceptors (Lipinski definition) is 3. The molecule has 0 atom stereocenters. The first-order valence-corrected chi connectivity index (χ1v) is 2.30. The lowest BCUT2D eigenvalue weighted by Gasteiger charge is -1.89. The summed E-state index contributed by atoms with van der Waals surface area (Å²) in [6.45, 7) is 0.182. The summed E-state index contributed by atoms with van der Waals surface area (Å²) in [5.74, 6) is -0.353. The van der Waals surface area contributed by atoms with Gasteiger partial charge >= 0.3 is 5.97 Å². The first kappa shape index (κ1) is 5.31. The van der Waals surface area contributed by atoms with Crippen LogP contribution in [0.1, 0.15) is 0 Å². The van der Waals surface area contributed by atoms with Gasteiger partial charge in [-0.1, -0.05) is 0 Å². The lowest BCUT2D eigenvalue weighted by molar-refractivity contribution is -0.134. The average Bonchev–Trinajstić information content (AvgIpc) is 2.14. The number of carbonyl (C=O) groups excluding carboxylic acids is 1. The second-order valence-electron chi connectivity index (χ2n) is 1.57. The van der Waals surface area contributed by atoms with Crippen LogP contribution in [0, 0.1) is 0 Å². The van der Waals surface area contributed by atoms with E-state index in [2.05, 4.69) is 4.74 Å². The van der Waals surface area contributed by atoms with E-state index in [-0.39, 0.29) is 19.2 Å². The minimum atomic E-state index is -0.353. The second-order valence-corrected chi connectivity index (χ2v) is 1.57. The maximum atomic E-state index is 10.2. The Kier molecular flexibility index (Phi) is 1.30. The van der Waals surface area contributed by atoms with Crippen molar-refractivity contribution in [1.82, 2.24) is 0 Å². The van der Waals surface area contributed by atoms with E-state index >= 15 is 0 Å². The lowest BCUT2D eigenvalue weighted by atomic mass is 10.3. The number of aliphatic hydroxyl groups is 1. The van der Waals surface area contributed by atoms with Crippen LogP contribution in [-0.4, -0.2) is 24.3 Å². The number of hydrogen-bond donors (Lipinski definition) is 1. The van der Waals surface area contributed by atoms with Crippen LogP contribution in [0.3, 0.4) is 0 Å². The van der Waals surface area contributed by atoms with Crippen molar-refractivity contribution in [3.05, 3.63) is 11.6 Å². The highest BCUT2D eigenvalue weighted by molar-refractivity contribution is 5.85. The van der Waals surface area contributed by atoms with Crippen LogP contribution in [0.4, 0.5) is 0 Å². The molecular weight excluding hydrogens is 108 g/mol. The highest BCUT2D eigenvalue weighted by Gasteiger charge is 2.10. The van der Waals surface area contributed by atoms with E-state index in [1.165, 1.54) is 6.08 Å². The van der Waals surface area contributed by atoms with Crippen molar-refractivity contribution in [3.63, 3.8) is 0 Å². The molecule has 0 saturated carbocycles. The summed E-state index contributed by atoms with van der Waals surface area (Å²) in [7, 11) is 0. The molecular formula is C5H6O3. The van der Waals surface area contributed by atoms with Crippen molar-refractivity contribution in [3.8, 4) is 0 Å². The van der Waals surface area contributed by atoms with Crippen LogP contribution < -0.4 is 0 Å². The number of rotatable bonds is 1. The van der Waals surface area contributed by atoms with Gasteiger partial charge in [0.25, 0.3) is 0 Å². The van der Waals surface area contributed by atoms with Gasteiger partial charge in [0.2, 0.25) is 0 Å². The first-order chi connectivity index (χ1) is 3.83. The molecule has 0 radical (unpaired) electrons. The zero-order chi connectivity index (χ0) is 5.98. The maximum absolute atomic E-state index is 10.2. The van der Waals surface area contributed by atoms with E-state index in [1.807, 2.05) is 0 Å². The van der Waals surface area contributed by atoms with Gasteiger partial charge in [0.15, 0.2) is 0 Å². The van der Waals surface area contributed by atoms with E-state index < -0.39 is 0 Å². The highest BCUT2D eigenvalue weighted by Crippen LogP contribution is 2.02. The number of cyclic esters (lactones) is 1. The Morgan fingerprint density at radius 1 is 1.88 bits per heavy atom. The molecule has 1 N–H and O–H groups in total. The predicted octanol–water partition coefficient (Wildman–Crippen LogP) is -0.538. The molecule has 0 amide bonds. The SMILES string of the molecule is O=C1C=C(CO)CO1. The van der Waals surface area contributed by atoms with Crippen LogP contribution in [0.25, 0.3) is 0 Å². The third kappa shape index (κ3) is 0.869. The van der Waals surface area contributed by atoms with Crippen molar-refractivity contribution in [2.24, 2.45) is 0 Å². The van der Waals surface area contributed by atoms with Crippen LogP contribution in [0.15, 0.2) is 11.6 Å². The second kappa shape index (κ2) is 1.96. The van der Waals surface area contributed by atoms with Crippen molar-refractivity contribution in [2.45, 2.75) is 0 Å². The molecule has 0 aromatic carbocycles. The van der Waals surface area contributed by atoms with Gasteiger partial charge < -0.3 is 9.84 Å². The third-order valence-electron chi connectivity index (χ3n) is 0.925. The Bertz CT molecular complexity index is 137. The molecule has 0 spiro atoms. The molecule has 0 aromatic heterocycles. The van der Waals surface area contributed by atoms with Crippen LogP contribution in [0.2, 0.25) is 0 Å². The monoisotopic (exact) mass is 114 g/mol. The molecule has 3 heteroatoms. The van der Waals surface area contributed by atoms with E-state index in [1.54, 1.807) is 0 Å². The Morgan fingerprint density at radius 3 is 2.88 bits per heavy atom. The maximum Gasteiger partial charge on any atom is 0.331 e. The average molecular weight is 114 g/mol. The number of ether oxygens (including phenoxy) is 1. The third-order valence-corrected chi connectivity index (χ3v) is 0.925. The van der Waals surface area contributed by atoms with Gasteiger partial charge in [-0.3, -0.25) is 0 Å². The minimum Gasteiger partial charge on any atom is -0.458 e. The summed E-state index contributed by atoms with van der Waals surface area (Å²) >= 11 is 0. The molecule has 44 valence electrons. The molecule has 0 bridgehead atoms. The Labute approximate surface area is 46.6 Å². The fourth-order valence-corrected chi connectivity index (χ4v) is 0.505. The number of carbonyl (C=O) groups is 1. The minimum absolute atomic E-state index is 0.0776. The van der Waals surface area contributed by atoms with E-state index in [0.29, 0.717) is 5.57 Å². The number of esters is 1. The Morgan fingerprint density at radius 2 is 2.62 bits per heavy atom. The largest absolute Gasteiger partial charge is 0.458 e.